The third-order valence-electron chi connectivity index (χ3n) is 8.09. The number of aliphatic hydroxyl groups excluding tert-OH is 1. The lowest BCUT2D eigenvalue weighted by molar-refractivity contribution is -0.154. The summed E-state index contributed by atoms with van der Waals surface area (Å²) in [7, 11) is 0. The van der Waals surface area contributed by atoms with E-state index in [0.29, 0.717) is 13.0 Å². The molecule has 0 aromatic heterocycles. The van der Waals surface area contributed by atoms with Gasteiger partial charge in [-0.15, -0.1) is 0 Å². The van der Waals surface area contributed by atoms with Gasteiger partial charge in [0.2, 0.25) is 0 Å². The first-order valence-electron chi connectivity index (χ1n) is 20.5. The Morgan fingerprint density at radius 3 is 1.24 bits per heavy atom. The normalized spacial score (nSPS) is 13.5. The van der Waals surface area contributed by atoms with Gasteiger partial charge in [-0.3, -0.25) is 4.79 Å². The van der Waals surface area contributed by atoms with Crippen LogP contribution in [0, 0.1) is 0 Å². The summed E-state index contributed by atoms with van der Waals surface area (Å²) in [6, 6.07) is 0. The van der Waals surface area contributed by atoms with Crippen molar-refractivity contribution in [1.82, 2.24) is 0 Å². The molecular weight excluding hydrogens is 629 g/mol. The summed E-state index contributed by atoms with van der Waals surface area (Å²) in [6.45, 7) is 5.03. The number of esters is 1. The Kier molecular flexibility index (Phi) is 40.7. The first kappa shape index (κ1) is 48.0. The van der Waals surface area contributed by atoms with Crippen molar-refractivity contribution in [2.75, 3.05) is 19.8 Å². The maximum Gasteiger partial charge on any atom is 0.306 e. The second kappa shape index (κ2) is 43.2. The summed E-state index contributed by atoms with van der Waals surface area (Å²) >= 11 is 0. The van der Waals surface area contributed by atoms with Crippen molar-refractivity contribution >= 4 is 5.97 Å². The van der Waals surface area contributed by atoms with Gasteiger partial charge in [0.05, 0.1) is 13.2 Å². The molecule has 1 N–H and O–H groups in total. The van der Waals surface area contributed by atoms with Crippen molar-refractivity contribution in [3.05, 3.63) is 109 Å². The van der Waals surface area contributed by atoms with Crippen LogP contribution in [0.5, 0.6) is 0 Å². The minimum atomic E-state index is -0.568. The molecule has 0 saturated carbocycles. The van der Waals surface area contributed by atoms with E-state index in [4.69, 9.17) is 9.47 Å². The second-order valence-electron chi connectivity index (χ2n) is 12.9. The molecule has 0 fully saturated rings. The number of ether oxygens (including phenoxy) is 2. The topological polar surface area (TPSA) is 55.8 Å². The molecule has 0 radical (unpaired) electrons. The first-order valence-corrected chi connectivity index (χ1v) is 20.5. The highest BCUT2D eigenvalue weighted by molar-refractivity contribution is 5.69. The third-order valence-corrected chi connectivity index (χ3v) is 8.09. The maximum absolute atomic E-state index is 12.2. The van der Waals surface area contributed by atoms with Crippen molar-refractivity contribution < 1.29 is 19.4 Å². The number of aliphatic hydroxyl groups is 1. The van der Waals surface area contributed by atoms with Crippen molar-refractivity contribution in [2.45, 2.75) is 161 Å². The molecule has 0 heterocycles. The lowest BCUT2D eigenvalue weighted by Crippen LogP contribution is -2.27. The summed E-state index contributed by atoms with van der Waals surface area (Å²) in [5.74, 6) is -0.249. The van der Waals surface area contributed by atoms with Gasteiger partial charge < -0.3 is 14.6 Å². The monoisotopic (exact) mass is 705 g/mol. The quantitative estimate of drug-likeness (QED) is 0.0401. The van der Waals surface area contributed by atoms with E-state index in [1.165, 1.54) is 44.9 Å². The van der Waals surface area contributed by atoms with Gasteiger partial charge >= 0.3 is 5.97 Å². The molecule has 0 aromatic carbocycles. The zero-order chi connectivity index (χ0) is 37.0. The second-order valence-corrected chi connectivity index (χ2v) is 12.9. The molecule has 288 valence electrons. The number of unbranched alkanes of at least 4 members (excludes halogenated alkanes) is 10. The summed E-state index contributed by atoms with van der Waals surface area (Å²) in [5, 5.41) is 9.58. The highest BCUT2D eigenvalue weighted by atomic mass is 16.6. The van der Waals surface area contributed by atoms with Crippen LogP contribution >= 0.6 is 0 Å². The van der Waals surface area contributed by atoms with E-state index in [1.54, 1.807) is 0 Å². The predicted octanol–water partition coefficient (Wildman–Crippen LogP) is 13.5. The van der Waals surface area contributed by atoms with Crippen LogP contribution in [-0.2, 0) is 14.3 Å². The van der Waals surface area contributed by atoms with Gasteiger partial charge in [-0.25, -0.2) is 0 Å². The molecule has 0 saturated heterocycles. The number of rotatable bonds is 36. The molecule has 1 unspecified atom stereocenters. The van der Waals surface area contributed by atoms with Gasteiger partial charge in [0.25, 0.3) is 0 Å². The largest absolute Gasteiger partial charge is 0.457 e. The lowest BCUT2D eigenvalue weighted by atomic mass is 10.1. The van der Waals surface area contributed by atoms with E-state index < -0.39 is 6.10 Å². The van der Waals surface area contributed by atoms with Crippen molar-refractivity contribution in [1.29, 1.82) is 0 Å². The molecule has 0 rings (SSSR count). The minimum Gasteiger partial charge on any atom is -0.457 e. The molecule has 51 heavy (non-hydrogen) atoms. The summed E-state index contributed by atoms with van der Waals surface area (Å²) in [5.41, 5.74) is 0. The summed E-state index contributed by atoms with van der Waals surface area (Å²) in [4.78, 5) is 12.2. The van der Waals surface area contributed by atoms with Crippen LogP contribution in [0.3, 0.4) is 0 Å². The number of carbonyl (C=O) groups excluding carboxylic acids is 1. The number of hydrogen-bond donors (Lipinski definition) is 1. The van der Waals surface area contributed by atoms with Crippen LogP contribution in [0.15, 0.2) is 109 Å². The Morgan fingerprint density at radius 2 is 0.824 bits per heavy atom. The average Bonchev–Trinajstić information content (AvgIpc) is 3.14. The highest BCUT2D eigenvalue weighted by Gasteiger charge is 2.13. The van der Waals surface area contributed by atoms with E-state index in [1.807, 2.05) is 0 Å². The molecular formula is C47H76O4. The van der Waals surface area contributed by atoms with E-state index in [9.17, 15) is 9.90 Å². The van der Waals surface area contributed by atoms with E-state index in [2.05, 4.69) is 123 Å². The number of carbonyl (C=O) groups is 1. The molecule has 1 atom stereocenters. The fraction of sp³-hybridized carbons (Fsp3) is 0.596. The van der Waals surface area contributed by atoms with E-state index >= 15 is 0 Å². The average molecular weight is 705 g/mol. The minimum absolute atomic E-state index is 0.200. The summed E-state index contributed by atoms with van der Waals surface area (Å²) < 4.78 is 11.1. The Labute approximate surface area is 315 Å². The molecule has 0 amide bonds. The maximum atomic E-state index is 12.2. The zero-order valence-electron chi connectivity index (χ0n) is 32.8. The molecule has 0 spiro atoms. The molecule has 4 heteroatoms. The fourth-order valence-corrected chi connectivity index (χ4v) is 5.11. The van der Waals surface area contributed by atoms with Gasteiger partial charge in [-0.1, -0.05) is 162 Å². The van der Waals surface area contributed by atoms with Gasteiger partial charge in [-0.05, 0) is 96.3 Å². The van der Waals surface area contributed by atoms with Crippen molar-refractivity contribution in [3.63, 3.8) is 0 Å². The van der Waals surface area contributed by atoms with Gasteiger partial charge in [-0.2, -0.15) is 0 Å². The third kappa shape index (κ3) is 41.4. The summed E-state index contributed by atoms with van der Waals surface area (Å²) in [6.07, 6.45) is 62.9. The predicted molar refractivity (Wildman–Crippen MR) is 223 cm³/mol. The number of allylic oxidation sites excluding steroid dienone is 18. The van der Waals surface area contributed by atoms with E-state index in [0.717, 1.165) is 89.9 Å². The van der Waals surface area contributed by atoms with Gasteiger partial charge in [0.1, 0.15) is 6.10 Å². The number of hydrogen-bond acceptors (Lipinski definition) is 4. The first-order chi connectivity index (χ1) is 25.2. The smallest absolute Gasteiger partial charge is 0.306 e. The molecule has 0 aliphatic carbocycles. The zero-order valence-corrected chi connectivity index (χ0v) is 32.8. The van der Waals surface area contributed by atoms with Crippen LogP contribution in [-0.4, -0.2) is 37.0 Å². The Hall–Kier alpha value is -2.95. The van der Waals surface area contributed by atoms with Crippen LogP contribution < -0.4 is 0 Å². The molecule has 0 aliphatic rings. The van der Waals surface area contributed by atoms with Gasteiger partial charge in [0.15, 0.2) is 0 Å². The SMILES string of the molecule is CC/C=C\C/C=C\C/C=C\C/C=C\C/C=C\CCCCCCCCCCOCC(CO)OC(=O)CCCC/C=C\C/C=C\C/C=C\C/C=C\CC. The lowest BCUT2D eigenvalue weighted by Gasteiger charge is -2.15. The van der Waals surface area contributed by atoms with E-state index in [-0.39, 0.29) is 19.2 Å². The Morgan fingerprint density at radius 1 is 0.471 bits per heavy atom. The van der Waals surface area contributed by atoms with Crippen LogP contribution in [0.4, 0.5) is 0 Å². The molecule has 0 bridgehead atoms. The molecule has 4 nitrogen and oxygen atoms in total. The fourth-order valence-electron chi connectivity index (χ4n) is 5.11. The highest BCUT2D eigenvalue weighted by Crippen LogP contribution is 2.11. The molecule has 0 aromatic rings. The van der Waals surface area contributed by atoms with Crippen molar-refractivity contribution in [2.24, 2.45) is 0 Å². The Balaban J connectivity index is 3.56. The molecule has 0 aliphatic heterocycles. The van der Waals surface area contributed by atoms with Crippen LogP contribution in [0.1, 0.15) is 155 Å². The van der Waals surface area contributed by atoms with Crippen molar-refractivity contribution in [3.8, 4) is 0 Å². The van der Waals surface area contributed by atoms with Gasteiger partial charge in [0, 0.05) is 13.0 Å². The standard InChI is InChI=1S/C47H76O4/c1-3-5-7-9-11-13-15-17-19-20-21-22-23-24-25-26-27-29-31-33-35-37-39-41-43-50-45-46(44-48)51-47(49)42-40-38-36-34-32-30-28-18-16-14-12-10-8-6-4-2/h5-8,11-14,17-19,21-22,24-25,28,32,34,46,48H,3-4,9-10,15-16,20,23,26-27,29-31,33,35-45H2,1-2H3/b7-5-,8-6-,13-11-,14-12-,19-17-,22-21-,25-24-,28-18-,34-32-. The van der Waals surface area contributed by atoms with Crippen LogP contribution in [0.25, 0.3) is 0 Å². The van der Waals surface area contributed by atoms with Crippen LogP contribution in [0.2, 0.25) is 0 Å². The Bertz CT molecular complexity index is 1010.